The number of nitrogens with zero attached hydrogens (tertiary/aromatic N) is 1. The minimum atomic E-state index is -3.76. The Morgan fingerprint density at radius 3 is 2.42 bits per heavy atom. The van der Waals surface area contributed by atoms with Crippen molar-refractivity contribution in [2.75, 3.05) is 5.32 Å². The van der Waals surface area contributed by atoms with Gasteiger partial charge in [0.25, 0.3) is 0 Å². The Kier molecular flexibility index (Phi) is 5.79. The van der Waals surface area contributed by atoms with Gasteiger partial charge in [0.2, 0.25) is 15.7 Å². The minimum Gasteiger partial charge on any atom is -0.337 e. The third-order valence-electron chi connectivity index (χ3n) is 4.91. The number of para-hydroxylation sites is 1. The van der Waals surface area contributed by atoms with Crippen LogP contribution in [0.2, 0.25) is 10.0 Å². The largest absolute Gasteiger partial charge is 0.337 e. The van der Waals surface area contributed by atoms with E-state index < -0.39 is 9.84 Å². The van der Waals surface area contributed by atoms with Gasteiger partial charge in [0.05, 0.1) is 25.5 Å². The first kappa shape index (κ1) is 21.4. The lowest BCUT2D eigenvalue weighted by Crippen LogP contribution is -2.18. The van der Waals surface area contributed by atoms with Gasteiger partial charge >= 0.3 is 0 Å². The van der Waals surface area contributed by atoms with Crippen LogP contribution in [0.4, 0.5) is 5.69 Å². The standard InChI is InChI=1S/C23H18Cl2N2O3S/c1-15-9-11-16(12-10-15)31(29,30)21-13-27(20-8-3-2-5-17(20)21)14-22(28)26-19-7-4-6-18(24)23(19)25/h2-13H,14H2,1H3,(H,26,28). The van der Waals surface area contributed by atoms with Crippen molar-refractivity contribution in [1.82, 2.24) is 4.57 Å². The molecular formula is C23H18Cl2N2O3S. The number of fused-ring (bicyclic) bond motifs is 1. The fourth-order valence-electron chi connectivity index (χ4n) is 3.35. The second kappa shape index (κ2) is 8.38. The van der Waals surface area contributed by atoms with E-state index in [2.05, 4.69) is 5.32 Å². The van der Waals surface area contributed by atoms with Gasteiger partial charge in [0.1, 0.15) is 6.54 Å². The number of sulfone groups is 1. The zero-order valence-corrected chi connectivity index (χ0v) is 18.8. The summed E-state index contributed by atoms with van der Waals surface area (Å²) >= 11 is 12.1. The summed E-state index contributed by atoms with van der Waals surface area (Å²) in [5.41, 5.74) is 2.00. The molecule has 0 aliphatic rings. The molecule has 31 heavy (non-hydrogen) atoms. The van der Waals surface area contributed by atoms with Crippen molar-refractivity contribution >= 4 is 55.5 Å². The molecule has 5 nitrogen and oxygen atoms in total. The van der Waals surface area contributed by atoms with Crippen LogP contribution in [0.1, 0.15) is 5.56 Å². The van der Waals surface area contributed by atoms with E-state index in [1.165, 1.54) is 6.20 Å². The van der Waals surface area contributed by atoms with Crippen molar-refractivity contribution in [2.45, 2.75) is 23.3 Å². The highest BCUT2D eigenvalue weighted by Gasteiger charge is 2.24. The zero-order chi connectivity index (χ0) is 22.2. The minimum absolute atomic E-state index is 0.0905. The molecule has 0 saturated carbocycles. The van der Waals surface area contributed by atoms with E-state index in [9.17, 15) is 13.2 Å². The van der Waals surface area contributed by atoms with Gasteiger partial charge < -0.3 is 9.88 Å². The lowest BCUT2D eigenvalue weighted by molar-refractivity contribution is -0.116. The van der Waals surface area contributed by atoms with E-state index in [0.717, 1.165) is 5.56 Å². The summed E-state index contributed by atoms with van der Waals surface area (Å²) in [6.45, 7) is 1.81. The molecule has 4 rings (SSSR count). The van der Waals surface area contributed by atoms with Gasteiger partial charge in [0.15, 0.2) is 0 Å². The molecule has 0 bridgehead atoms. The molecule has 4 aromatic rings. The molecule has 0 aliphatic heterocycles. The first-order chi connectivity index (χ1) is 14.8. The highest BCUT2D eigenvalue weighted by molar-refractivity contribution is 7.91. The molecule has 0 fully saturated rings. The Balaban J connectivity index is 1.71. The van der Waals surface area contributed by atoms with Gasteiger partial charge in [-0.15, -0.1) is 0 Å². The number of benzene rings is 3. The van der Waals surface area contributed by atoms with Crippen LogP contribution in [-0.4, -0.2) is 18.9 Å². The third kappa shape index (κ3) is 4.19. The van der Waals surface area contributed by atoms with Crippen molar-refractivity contribution in [1.29, 1.82) is 0 Å². The monoisotopic (exact) mass is 472 g/mol. The summed E-state index contributed by atoms with van der Waals surface area (Å²) in [7, 11) is -3.76. The quantitative estimate of drug-likeness (QED) is 0.403. The van der Waals surface area contributed by atoms with Crippen LogP contribution in [0.5, 0.6) is 0 Å². The molecule has 0 atom stereocenters. The molecule has 0 unspecified atom stereocenters. The van der Waals surface area contributed by atoms with E-state index in [-0.39, 0.29) is 27.3 Å². The van der Waals surface area contributed by atoms with Crippen molar-refractivity contribution in [2.24, 2.45) is 0 Å². The summed E-state index contributed by atoms with van der Waals surface area (Å²) < 4.78 is 28.2. The molecule has 0 saturated heterocycles. The smallest absolute Gasteiger partial charge is 0.244 e. The van der Waals surface area contributed by atoms with E-state index in [1.807, 2.05) is 6.92 Å². The second-order valence-electron chi connectivity index (χ2n) is 7.10. The highest BCUT2D eigenvalue weighted by atomic mass is 35.5. The van der Waals surface area contributed by atoms with Gasteiger partial charge in [-0.2, -0.15) is 0 Å². The molecule has 3 aromatic carbocycles. The van der Waals surface area contributed by atoms with E-state index in [4.69, 9.17) is 23.2 Å². The predicted octanol–water partition coefficient (Wildman–Crippen LogP) is 5.73. The number of nitrogens with one attached hydrogen (secondary N) is 1. The van der Waals surface area contributed by atoms with Crippen LogP contribution in [0, 0.1) is 6.92 Å². The molecule has 1 aromatic heterocycles. The number of rotatable bonds is 5. The average Bonchev–Trinajstić information content (AvgIpc) is 3.11. The number of carbonyl (C=O) groups is 1. The fourth-order valence-corrected chi connectivity index (χ4v) is 5.17. The maximum Gasteiger partial charge on any atom is 0.244 e. The maximum atomic E-state index is 13.3. The molecule has 158 valence electrons. The Morgan fingerprint density at radius 2 is 1.68 bits per heavy atom. The van der Waals surface area contributed by atoms with E-state index in [0.29, 0.717) is 21.6 Å². The van der Waals surface area contributed by atoms with Crippen LogP contribution >= 0.6 is 23.2 Å². The van der Waals surface area contributed by atoms with Gasteiger partial charge in [-0.1, -0.05) is 65.2 Å². The van der Waals surface area contributed by atoms with E-state index in [1.54, 1.807) is 71.3 Å². The van der Waals surface area contributed by atoms with Crippen molar-refractivity contribution < 1.29 is 13.2 Å². The van der Waals surface area contributed by atoms with Crippen LogP contribution < -0.4 is 5.32 Å². The number of carbonyl (C=O) groups excluding carboxylic acids is 1. The lowest BCUT2D eigenvalue weighted by Gasteiger charge is -2.09. The maximum absolute atomic E-state index is 13.3. The van der Waals surface area contributed by atoms with Crippen LogP contribution in [0.25, 0.3) is 10.9 Å². The lowest BCUT2D eigenvalue weighted by atomic mass is 10.2. The highest BCUT2D eigenvalue weighted by Crippen LogP contribution is 2.31. The topological polar surface area (TPSA) is 68.2 Å². The first-order valence-electron chi connectivity index (χ1n) is 9.41. The summed E-state index contributed by atoms with van der Waals surface area (Å²) in [5, 5.41) is 3.86. The van der Waals surface area contributed by atoms with Crippen molar-refractivity contribution in [3.8, 4) is 0 Å². The second-order valence-corrected chi connectivity index (χ2v) is 9.81. The number of hydrogen-bond donors (Lipinski definition) is 1. The van der Waals surface area contributed by atoms with Gasteiger partial charge in [-0.05, 0) is 37.3 Å². The number of anilines is 1. The summed E-state index contributed by atoms with van der Waals surface area (Å²) in [5.74, 6) is -0.357. The van der Waals surface area contributed by atoms with Gasteiger partial charge in [-0.25, -0.2) is 8.42 Å². The summed E-state index contributed by atoms with van der Waals surface area (Å²) in [6.07, 6.45) is 1.50. The predicted molar refractivity (Wildman–Crippen MR) is 124 cm³/mol. The zero-order valence-electron chi connectivity index (χ0n) is 16.5. The van der Waals surface area contributed by atoms with Crippen molar-refractivity contribution in [3.05, 3.63) is 88.5 Å². The Bertz CT molecular complexity index is 1390. The number of hydrogen-bond acceptors (Lipinski definition) is 3. The number of aromatic nitrogens is 1. The van der Waals surface area contributed by atoms with Crippen LogP contribution in [-0.2, 0) is 21.2 Å². The summed E-state index contributed by atoms with van der Waals surface area (Å²) in [6, 6.07) is 18.7. The fraction of sp³-hybridized carbons (Fsp3) is 0.0870. The Morgan fingerprint density at radius 1 is 0.968 bits per heavy atom. The number of aryl methyl sites for hydroxylation is 1. The van der Waals surface area contributed by atoms with Gasteiger partial charge in [-0.3, -0.25) is 4.79 Å². The molecule has 1 heterocycles. The molecular weight excluding hydrogens is 455 g/mol. The number of halogens is 2. The average molecular weight is 473 g/mol. The molecule has 0 aliphatic carbocycles. The molecule has 1 amide bonds. The molecule has 1 N–H and O–H groups in total. The first-order valence-corrected chi connectivity index (χ1v) is 11.6. The SMILES string of the molecule is Cc1ccc(S(=O)(=O)c2cn(CC(=O)Nc3cccc(Cl)c3Cl)c3ccccc23)cc1. The third-order valence-corrected chi connectivity index (χ3v) is 7.53. The molecule has 8 heteroatoms. The Hall–Kier alpha value is -2.80. The van der Waals surface area contributed by atoms with Crippen LogP contribution in [0.15, 0.2) is 82.7 Å². The molecule has 0 spiro atoms. The molecule has 0 radical (unpaired) electrons. The van der Waals surface area contributed by atoms with Gasteiger partial charge in [0, 0.05) is 17.1 Å². The van der Waals surface area contributed by atoms with E-state index >= 15 is 0 Å². The Labute approximate surface area is 190 Å². The van der Waals surface area contributed by atoms with Crippen LogP contribution in [0.3, 0.4) is 0 Å². The number of amides is 1. The normalized spacial score (nSPS) is 11.6. The summed E-state index contributed by atoms with van der Waals surface area (Å²) in [4.78, 5) is 13.0. The van der Waals surface area contributed by atoms with Crippen molar-refractivity contribution in [3.63, 3.8) is 0 Å².